The lowest BCUT2D eigenvalue weighted by Crippen LogP contribution is -2.33. The van der Waals surface area contributed by atoms with E-state index in [-0.39, 0.29) is 11.8 Å². The smallest absolute Gasteiger partial charge is 0.180 e. The normalized spacial score (nSPS) is 23.0. The Bertz CT molecular complexity index is 559. The molecule has 0 spiro atoms. The minimum absolute atomic E-state index is 0.190. The van der Waals surface area contributed by atoms with Gasteiger partial charge < -0.3 is 5.32 Å². The molecule has 1 aromatic carbocycles. The Morgan fingerprint density at radius 1 is 1.24 bits per heavy atom. The van der Waals surface area contributed by atoms with Crippen molar-refractivity contribution in [2.45, 2.75) is 50.0 Å². The molecule has 0 heterocycles. The number of para-hydroxylation sites is 1. The molecule has 2 rings (SSSR count). The molecule has 118 valence electrons. The van der Waals surface area contributed by atoms with Gasteiger partial charge in [-0.25, -0.2) is 8.42 Å². The Morgan fingerprint density at radius 3 is 2.67 bits per heavy atom. The van der Waals surface area contributed by atoms with Gasteiger partial charge in [0.05, 0.1) is 16.3 Å². The van der Waals surface area contributed by atoms with Gasteiger partial charge in [-0.2, -0.15) is 0 Å². The van der Waals surface area contributed by atoms with E-state index in [0.717, 1.165) is 18.5 Å². The number of halogens is 1. The van der Waals surface area contributed by atoms with Crippen LogP contribution in [-0.2, 0) is 9.84 Å². The third kappa shape index (κ3) is 4.13. The van der Waals surface area contributed by atoms with Gasteiger partial charge in [0.1, 0.15) is 0 Å². The Hall–Kier alpha value is -0.740. The quantitative estimate of drug-likeness (QED) is 0.800. The SMILES string of the molecule is CCCS(=O)(=O)c1ccccc1NC1CCCCC1CCl. The summed E-state index contributed by atoms with van der Waals surface area (Å²) in [7, 11) is -3.21. The Morgan fingerprint density at radius 2 is 1.95 bits per heavy atom. The topological polar surface area (TPSA) is 46.2 Å². The van der Waals surface area contributed by atoms with Crippen molar-refractivity contribution in [3.8, 4) is 0 Å². The predicted molar refractivity (Wildman–Crippen MR) is 88.9 cm³/mol. The molecule has 0 amide bonds. The molecule has 0 radical (unpaired) electrons. The molecule has 2 atom stereocenters. The van der Waals surface area contributed by atoms with Crippen LogP contribution in [-0.4, -0.2) is 26.1 Å². The molecule has 1 aromatic rings. The Labute approximate surface area is 133 Å². The van der Waals surface area contributed by atoms with Gasteiger partial charge in [0.2, 0.25) is 0 Å². The van der Waals surface area contributed by atoms with Crippen LogP contribution in [0.15, 0.2) is 29.2 Å². The lowest BCUT2D eigenvalue weighted by atomic mass is 9.85. The number of anilines is 1. The number of nitrogens with one attached hydrogen (secondary N) is 1. The number of rotatable bonds is 6. The van der Waals surface area contributed by atoms with Crippen LogP contribution < -0.4 is 5.32 Å². The second-order valence-corrected chi connectivity index (χ2v) is 8.15. The van der Waals surface area contributed by atoms with Crippen LogP contribution >= 0.6 is 11.6 Å². The van der Waals surface area contributed by atoms with Gasteiger partial charge in [-0.1, -0.05) is 31.9 Å². The number of hydrogen-bond donors (Lipinski definition) is 1. The fraction of sp³-hybridized carbons (Fsp3) is 0.625. The van der Waals surface area contributed by atoms with Gasteiger partial charge >= 0.3 is 0 Å². The summed E-state index contributed by atoms with van der Waals surface area (Å²) in [5.41, 5.74) is 0.730. The zero-order chi connectivity index (χ0) is 15.3. The zero-order valence-electron chi connectivity index (χ0n) is 12.5. The van der Waals surface area contributed by atoms with E-state index in [0.29, 0.717) is 23.1 Å². The molecule has 1 saturated carbocycles. The molecule has 3 nitrogen and oxygen atoms in total. The summed E-state index contributed by atoms with van der Waals surface area (Å²) in [6.45, 7) is 1.89. The van der Waals surface area contributed by atoms with E-state index in [4.69, 9.17) is 11.6 Å². The van der Waals surface area contributed by atoms with Gasteiger partial charge in [0, 0.05) is 11.9 Å². The van der Waals surface area contributed by atoms with Crippen molar-refractivity contribution in [3.63, 3.8) is 0 Å². The van der Waals surface area contributed by atoms with Crippen molar-refractivity contribution in [2.75, 3.05) is 16.9 Å². The summed E-state index contributed by atoms with van der Waals surface area (Å²) in [6, 6.07) is 7.50. The van der Waals surface area contributed by atoms with E-state index >= 15 is 0 Å². The van der Waals surface area contributed by atoms with Crippen molar-refractivity contribution >= 4 is 27.1 Å². The zero-order valence-corrected chi connectivity index (χ0v) is 14.1. The van der Waals surface area contributed by atoms with Crippen LogP contribution in [0.5, 0.6) is 0 Å². The summed E-state index contributed by atoms with van der Waals surface area (Å²) in [4.78, 5) is 0.422. The molecule has 0 aliphatic heterocycles. The monoisotopic (exact) mass is 329 g/mol. The van der Waals surface area contributed by atoms with Crippen molar-refractivity contribution in [2.24, 2.45) is 5.92 Å². The van der Waals surface area contributed by atoms with E-state index in [1.54, 1.807) is 12.1 Å². The molecule has 1 aliphatic carbocycles. The average molecular weight is 330 g/mol. The van der Waals surface area contributed by atoms with Gasteiger partial charge in [-0.05, 0) is 37.3 Å². The largest absolute Gasteiger partial charge is 0.381 e. The van der Waals surface area contributed by atoms with Crippen LogP contribution in [0.4, 0.5) is 5.69 Å². The molecule has 0 bridgehead atoms. The molecular weight excluding hydrogens is 306 g/mol. The maximum atomic E-state index is 12.4. The van der Waals surface area contributed by atoms with Crippen molar-refractivity contribution in [1.29, 1.82) is 0 Å². The first-order valence-electron chi connectivity index (χ1n) is 7.72. The summed E-state index contributed by atoms with van der Waals surface area (Å²) in [5.74, 6) is 1.24. The highest BCUT2D eigenvalue weighted by Crippen LogP contribution is 2.31. The van der Waals surface area contributed by atoms with Crippen LogP contribution in [0.1, 0.15) is 39.0 Å². The maximum absolute atomic E-state index is 12.4. The highest BCUT2D eigenvalue weighted by Gasteiger charge is 2.26. The van der Waals surface area contributed by atoms with Crippen LogP contribution in [0.2, 0.25) is 0 Å². The summed E-state index contributed by atoms with van der Waals surface area (Å²) in [5, 5.41) is 3.45. The van der Waals surface area contributed by atoms with Crippen molar-refractivity contribution < 1.29 is 8.42 Å². The van der Waals surface area contributed by atoms with E-state index in [1.165, 1.54) is 12.8 Å². The molecule has 2 unspecified atom stereocenters. The molecule has 1 fully saturated rings. The average Bonchev–Trinajstić information content (AvgIpc) is 2.48. The lowest BCUT2D eigenvalue weighted by Gasteiger charge is -2.32. The number of hydrogen-bond acceptors (Lipinski definition) is 3. The molecular formula is C16H24ClNO2S. The minimum Gasteiger partial charge on any atom is -0.381 e. The molecule has 21 heavy (non-hydrogen) atoms. The standard InChI is InChI=1S/C16H24ClNO2S/c1-2-11-21(19,20)16-10-6-5-9-15(16)18-14-8-4-3-7-13(14)12-17/h5-6,9-10,13-14,18H,2-4,7-8,11-12H2,1H3. The van der Waals surface area contributed by atoms with E-state index < -0.39 is 9.84 Å². The number of sulfone groups is 1. The van der Waals surface area contributed by atoms with E-state index in [2.05, 4.69) is 5.32 Å². The van der Waals surface area contributed by atoms with E-state index in [9.17, 15) is 8.42 Å². The van der Waals surface area contributed by atoms with Crippen LogP contribution in [0, 0.1) is 5.92 Å². The first-order chi connectivity index (χ1) is 10.1. The second kappa shape index (κ2) is 7.50. The third-order valence-corrected chi connectivity index (χ3v) is 6.51. The number of alkyl halides is 1. The minimum atomic E-state index is -3.21. The van der Waals surface area contributed by atoms with Crippen LogP contribution in [0.3, 0.4) is 0 Å². The fourth-order valence-corrected chi connectivity index (χ4v) is 4.89. The molecule has 1 aliphatic rings. The first kappa shape index (κ1) is 16.6. The van der Waals surface area contributed by atoms with Crippen molar-refractivity contribution in [1.82, 2.24) is 0 Å². The van der Waals surface area contributed by atoms with Gasteiger partial charge in [0.25, 0.3) is 0 Å². The van der Waals surface area contributed by atoms with E-state index in [1.807, 2.05) is 19.1 Å². The summed E-state index contributed by atoms with van der Waals surface area (Å²) >= 11 is 6.06. The van der Waals surface area contributed by atoms with Crippen LogP contribution in [0.25, 0.3) is 0 Å². The molecule has 5 heteroatoms. The maximum Gasteiger partial charge on any atom is 0.180 e. The molecule has 1 N–H and O–H groups in total. The number of benzene rings is 1. The van der Waals surface area contributed by atoms with Gasteiger partial charge in [-0.15, -0.1) is 11.6 Å². The Balaban J connectivity index is 2.24. The molecule has 0 aromatic heterocycles. The second-order valence-electron chi connectivity index (χ2n) is 5.76. The highest BCUT2D eigenvalue weighted by atomic mass is 35.5. The van der Waals surface area contributed by atoms with Crippen molar-refractivity contribution in [3.05, 3.63) is 24.3 Å². The fourth-order valence-electron chi connectivity index (χ4n) is 3.02. The summed E-state index contributed by atoms with van der Waals surface area (Å²) < 4.78 is 24.8. The Kier molecular flexibility index (Phi) is 5.94. The van der Waals surface area contributed by atoms with Gasteiger partial charge in [0.15, 0.2) is 9.84 Å². The first-order valence-corrected chi connectivity index (χ1v) is 9.91. The predicted octanol–water partition coefficient (Wildman–Crippen LogP) is 4.08. The lowest BCUT2D eigenvalue weighted by molar-refractivity contribution is 0.353. The van der Waals surface area contributed by atoms with Gasteiger partial charge in [-0.3, -0.25) is 0 Å². The third-order valence-electron chi connectivity index (χ3n) is 4.14. The highest BCUT2D eigenvalue weighted by molar-refractivity contribution is 7.91. The summed E-state index contributed by atoms with van der Waals surface area (Å²) in [6.07, 6.45) is 5.19. The molecule has 0 saturated heterocycles.